The van der Waals surface area contributed by atoms with Gasteiger partial charge in [-0.2, -0.15) is 0 Å². The zero-order valence-electron chi connectivity index (χ0n) is 11.9. The highest BCUT2D eigenvalue weighted by Gasteiger charge is 2.31. The van der Waals surface area contributed by atoms with Crippen LogP contribution in [0.15, 0.2) is 16.7 Å². The number of morpholine rings is 1. The molecule has 3 rings (SSSR count). The molecule has 1 aliphatic carbocycles. The Bertz CT molecular complexity index is 424. The smallest absolute Gasteiger partial charge is 0.122 e. The van der Waals surface area contributed by atoms with Crippen molar-refractivity contribution in [2.24, 2.45) is 0 Å². The van der Waals surface area contributed by atoms with Crippen molar-refractivity contribution in [3.05, 3.63) is 23.7 Å². The van der Waals surface area contributed by atoms with Gasteiger partial charge in [-0.1, -0.05) is 0 Å². The van der Waals surface area contributed by atoms with Gasteiger partial charge in [0, 0.05) is 30.2 Å². The minimum absolute atomic E-state index is 0.0895. The maximum absolute atomic E-state index is 5.69. The molecule has 1 aromatic rings. The molecule has 1 aliphatic heterocycles. The van der Waals surface area contributed by atoms with Gasteiger partial charge in [-0.05, 0) is 32.8 Å². The standard InChI is InChI=1S/C15H24N2O2/c1-15(2)11-18-8-6-17(15)10-14-12(5-7-19-14)9-16-13-3-4-13/h5,7,13,16H,3-4,6,8-11H2,1-2H3. The topological polar surface area (TPSA) is 37.6 Å². The van der Waals surface area contributed by atoms with E-state index in [1.807, 2.05) is 6.26 Å². The number of rotatable bonds is 5. The van der Waals surface area contributed by atoms with Crippen LogP contribution in [0.1, 0.15) is 38.0 Å². The van der Waals surface area contributed by atoms with Crippen molar-refractivity contribution in [1.29, 1.82) is 0 Å². The first kappa shape index (κ1) is 13.2. The van der Waals surface area contributed by atoms with Crippen molar-refractivity contribution in [2.75, 3.05) is 19.8 Å². The largest absolute Gasteiger partial charge is 0.468 e. The van der Waals surface area contributed by atoms with E-state index >= 15 is 0 Å². The highest BCUT2D eigenvalue weighted by Crippen LogP contribution is 2.24. The van der Waals surface area contributed by atoms with Crippen molar-refractivity contribution < 1.29 is 9.15 Å². The lowest BCUT2D eigenvalue weighted by molar-refractivity contribution is -0.0578. The second kappa shape index (κ2) is 5.27. The molecule has 1 aromatic heterocycles. The minimum Gasteiger partial charge on any atom is -0.468 e. The Kier molecular flexibility index (Phi) is 3.65. The SMILES string of the molecule is CC1(C)COCCN1Cc1occc1CNC1CC1. The molecule has 0 amide bonds. The molecule has 0 radical (unpaired) electrons. The molecule has 19 heavy (non-hydrogen) atoms. The maximum atomic E-state index is 5.69. The summed E-state index contributed by atoms with van der Waals surface area (Å²) in [6, 6.07) is 2.83. The number of furan rings is 1. The summed E-state index contributed by atoms with van der Waals surface area (Å²) in [5.41, 5.74) is 1.39. The van der Waals surface area contributed by atoms with Crippen molar-refractivity contribution in [3.63, 3.8) is 0 Å². The Morgan fingerprint density at radius 2 is 2.26 bits per heavy atom. The summed E-state index contributed by atoms with van der Waals surface area (Å²) in [6.45, 7) is 8.87. The van der Waals surface area contributed by atoms with Crippen LogP contribution >= 0.6 is 0 Å². The summed E-state index contributed by atoms with van der Waals surface area (Å²) in [5.74, 6) is 1.10. The fraction of sp³-hybridized carbons (Fsp3) is 0.733. The molecule has 1 saturated heterocycles. The van der Waals surface area contributed by atoms with Gasteiger partial charge in [0.25, 0.3) is 0 Å². The predicted molar refractivity (Wildman–Crippen MR) is 73.9 cm³/mol. The van der Waals surface area contributed by atoms with E-state index in [-0.39, 0.29) is 5.54 Å². The number of hydrogen-bond donors (Lipinski definition) is 1. The van der Waals surface area contributed by atoms with Crippen LogP contribution in [0.3, 0.4) is 0 Å². The maximum Gasteiger partial charge on any atom is 0.122 e. The first-order chi connectivity index (χ1) is 9.15. The number of ether oxygens (including phenoxy) is 1. The quantitative estimate of drug-likeness (QED) is 0.884. The molecule has 2 aliphatic rings. The monoisotopic (exact) mass is 264 g/mol. The number of nitrogens with zero attached hydrogens (tertiary/aromatic N) is 1. The van der Waals surface area contributed by atoms with Gasteiger partial charge in [-0.3, -0.25) is 4.90 Å². The van der Waals surface area contributed by atoms with Gasteiger partial charge in [-0.15, -0.1) is 0 Å². The van der Waals surface area contributed by atoms with Crippen molar-refractivity contribution in [1.82, 2.24) is 10.2 Å². The van der Waals surface area contributed by atoms with Crippen LogP contribution in [0.4, 0.5) is 0 Å². The molecule has 1 saturated carbocycles. The Balaban J connectivity index is 1.63. The van der Waals surface area contributed by atoms with Gasteiger partial charge in [-0.25, -0.2) is 0 Å². The summed E-state index contributed by atoms with van der Waals surface area (Å²) >= 11 is 0. The minimum atomic E-state index is 0.0895. The van der Waals surface area contributed by atoms with Crippen molar-refractivity contribution in [2.45, 2.75) is 51.4 Å². The van der Waals surface area contributed by atoms with Crippen LogP contribution in [0.5, 0.6) is 0 Å². The summed E-state index contributed by atoms with van der Waals surface area (Å²) in [4.78, 5) is 2.45. The molecule has 4 heteroatoms. The fourth-order valence-electron chi connectivity index (χ4n) is 2.56. The molecule has 106 valence electrons. The van der Waals surface area contributed by atoms with E-state index < -0.39 is 0 Å². The summed E-state index contributed by atoms with van der Waals surface area (Å²) in [7, 11) is 0. The van der Waals surface area contributed by atoms with Gasteiger partial charge >= 0.3 is 0 Å². The molecule has 0 spiro atoms. The predicted octanol–water partition coefficient (Wildman–Crippen LogP) is 2.14. The molecule has 0 atom stereocenters. The zero-order valence-corrected chi connectivity index (χ0v) is 11.9. The third-order valence-corrected chi connectivity index (χ3v) is 4.15. The van der Waals surface area contributed by atoms with Crippen LogP contribution in [0.25, 0.3) is 0 Å². The lowest BCUT2D eigenvalue weighted by Crippen LogP contribution is -2.52. The summed E-state index contributed by atoms with van der Waals surface area (Å²) in [5, 5.41) is 3.55. The molecular weight excluding hydrogens is 240 g/mol. The Morgan fingerprint density at radius 1 is 1.42 bits per heavy atom. The second-order valence-electron chi connectivity index (χ2n) is 6.31. The highest BCUT2D eigenvalue weighted by atomic mass is 16.5. The molecule has 0 unspecified atom stereocenters. The van der Waals surface area contributed by atoms with Gasteiger partial charge in [0.2, 0.25) is 0 Å². The normalized spacial score (nSPS) is 23.7. The van der Waals surface area contributed by atoms with E-state index in [0.29, 0.717) is 0 Å². The Morgan fingerprint density at radius 3 is 3.00 bits per heavy atom. The van der Waals surface area contributed by atoms with Crippen molar-refractivity contribution in [3.8, 4) is 0 Å². The Labute approximate surface area is 115 Å². The first-order valence-corrected chi connectivity index (χ1v) is 7.26. The summed E-state index contributed by atoms with van der Waals surface area (Å²) < 4.78 is 11.3. The van der Waals surface area contributed by atoms with E-state index in [4.69, 9.17) is 9.15 Å². The van der Waals surface area contributed by atoms with E-state index in [0.717, 1.165) is 44.7 Å². The number of hydrogen-bond acceptors (Lipinski definition) is 4. The zero-order chi connectivity index (χ0) is 13.3. The van der Waals surface area contributed by atoms with Crippen LogP contribution in [0, 0.1) is 0 Å². The average Bonchev–Trinajstić information content (AvgIpc) is 3.10. The van der Waals surface area contributed by atoms with Gasteiger partial charge < -0.3 is 14.5 Å². The van der Waals surface area contributed by atoms with Crippen LogP contribution in [-0.4, -0.2) is 36.2 Å². The molecule has 2 fully saturated rings. The molecule has 4 nitrogen and oxygen atoms in total. The van der Waals surface area contributed by atoms with E-state index in [1.165, 1.54) is 18.4 Å². The van der Waals surface area contributed by atoms with Crippen molar-refractivity contribution >= 4 is 0 Å². The van der Waals surface area contributed by atoms with E-state index in [9.17, 15) is 0 Å². The molecule has 0 aromatic carbocycles. The lowest BCUT2D eigenvalue weighted by Gasteiger charge is -2.41. The van der Waals surface area contributed by atoms with Crippen LogP contribution in [-0.2, 0) is 17.8 Å². The average molecular weight is 264 g/mol. The second-order valence-corrected chi connectivity index (χ2v) is 6.31. The van der Waals surface area contributed by atoms with Gasteiger partial charge in [0.1, 0.15) is 5.76 Å². The number of nitrogens with one attached hydrogen (secondary N) is 1. The van der Waals surface area contributed by atoms with E-state index in [1.54, 1.807) is 0 Å². The Hall–Kier alpha value is -0.840. The van der Waals surface area contributed by atoms with Gasteiger partial charge in [0.05, 0.1) is 26.0 Å². The third kappa shape index (κ3) is 3.19. The first-order valence-electron chi connectivity index (χ1n) is 7.26. The molecule has 2 heterocycles. The molecule has 1 N–H and O–H groups in total. The van der Waals surface area contributed by atoms with Gasteiger partial charge in [0.15, 0.2) is 0 Å². The third-order valence-electron chi connectivity index (χ3n) is 4.15. The highest BCUT2D eigenvalue weighted by molar-refractivity contribution is 5.17. The van der Waals surface area contributed by atoms with Crippen LogP contribution < -0.4 is 5.32 Å². The molecular formula is C15H24N2O2. The fourth-order valence-corrected chi connectivity index (χ4v) is 2.56. The molecule has 0 bridgehead atoms. The summed E-state index contributed by atoms with van der Waals surface area (Å²) in [6.07, 6.45) is 4.46. The van der Waals surface area contributed by atoms with Crippen LogP contribution in [0.2, 0.25) is 0 Å². The van der Waals surface area contributed by atoms with E-state index in [2.05, 4.69) is 30.1 Å². The lowest BCUT2D eigenvalue weighted by atomic mass is 10.0.